The average Bonchev–Trinajstić information content (AvgIpc) is 3.49. The van der Waals surface area contributed by atoms with Gasteiger partial charge in [-0.25, -0.2) is 9.59 Å². The molecule has 5 rings (SSSR count). The van der Waals surface area contributed by atoms with Crippen molar-refractivity contribution in [3.63, 3.8) is 0 Å². The Morgan fingerprint density at radius 2 is 1.29 bits per heavy atom. The van der Waals surface area contributed by atoms with Gasteiger partial charge < -0.3 is 53.2 Å². The fourth-order valence-electron chi connectivity index (χ4n) is 6.79. The molecular formula is C43H56O15. The summed E-state index contributed by atoms with van der Waals surface area (Å²) < 4.78 is 44.1. The Balaban J connectivity index is 0.000000262. The fraction of sp³-hybridized carbons (Fsp3) is 0.535. The van der Waals surface area contributed by atoms with Crippen LogP contribution >= 0.6 is 0 Å². The summed E-state index contributed by atoms with van der Waals surface area (Å²) in [7, 11) is 4.51. The van der Waals surface area contributed by atoms with Gasteiger partial charge in [0.2, 0.25) is 0 Å². The lowest BCUT2D eigenvalue weighted by atomic mass is 9.97. The van der Waals surface area contributed by atoms with Crippen molar-refractivity contribution >= 4 is 23.5 Å². The lowest BCUT2D eigenvalue weighted by Gasteiger charge is -2.20. The van der Waals surface area contributed by atoms with Crippen LogP contribution in [0.15, 0.2) is 48.6 Å². The number of esters is 2. The third-order valence-corrected chi connectivity index (χ3v) is 9.66. The van der Waals surface area contributed by atoms with Gasteiger partial charge in [-0.05, 0) is 102 Å². The first-order chi connectivity index (χ1) is 27.6. The van der Waals surface area contributed by atoms with E-state index in [0.717, 1.165) is 5.56 Å². The number of rotatable bonds is 5. The fourth-order valence-corrected chi connectivity index (χ4v) is 6.79. The minimum absolute atomic E-state index is 0.0166. The summed E-state index contributed by atoms with van der Waals surface area (Å²) in [6.07, 6.45) is 4.46. The average molecular weight is 813 g/mol. The van der Waals surface area contributed by atoms with E-state index < -0.39 is 54.0 Å². The van der Waals surface area contributed by atoms with Crippen LogP contribution in [0.25, 0.3) is 0 Å². The topological polar surface area (TPSA) is 203 Å². The molecule has 0 spiro atoms. The quantitative estimate of drug-likeness (QED) is 0.265. The lowest BCUT2D eigenvalue weighted by Crippen LogP contribution is -2.33. The molecule has 2 aromatic carbocycles. The van der Waals surface area contributed by atoms with E-state index in [1.165, 1.54) is 38.5 Å². The molecule has 4 unspecified atom stereocenters. The van der Waals surface area contributed by atoms with E-state index in [1.54, 1.807) is 53.0 Å². The van der Waals surface area contributed by atoms with Gasteiger partial charge in [0.05, 0.1) is 26.4 Å². The first-order valence-corrected chi connectivity index (χ1v) is 19.3. The summed E-state index contributed by atoms with van der Waals surface area (Å²) in [5.41, 5.74) is 1.66. The molecule has 318 valence electrons. The van der Waals surface area contributed by atoms with Crippen LogP contribution in [-0.2, 0) is 46.1 Å². The number of carbonyl (C=O) groups excluding carboxylic acids is 4. The Labute approximate surface area is 338 Å². The number of hydrogen-bond donors (Lipinski definition) is 3. The Morgan fingerprint density at radius 3 is 1.90 bits per heavy atom. The van der Waals surface area contributed by atoms with Crippen molar-refractivity contribution in [2.75, 3.05) is 28.1 Å². The van der Waals surface area contributed by atoms with Gasteiger partial charge in [0.1, 0.15) is 58.5 Å². The van der Waals surface area contributed by atoms with Crippen molar-refractivity contribution in [3.05, 3.63) is 70.8 Å². The van der Waals surface area contributed by atoms with E-state index in [-0.39, 0.29) is 42.8 Å². The number of methoxy groups -OCH3 is 3. The third-order valence-electron chi connectivity index (χ3n) is 9.66. The maximum absolute atomic E-state index is 13.1. The summed E-state index contributed by atoms with van der Waals surface area (Å²) in [6, 6.07) is 6.43. The Hall–Kier alpha value is -4.80. The normalized spacial score (nSPS) is 26.7. The molecule has 0 radical (unpaired) electrons. The van der Waals surface area contributed by atoms with Crippen LogP contribution in [0.2, 0.25) is 0 Å². The number of cyclic esters (lactones) is 2. The standard InChI is InChI=1S/C24H32O8.C19H24O7/c1-15-8-6-10-18(25)22-19(31-24(2,3)32-22)11-7-9-16-12-17(28-5)13-20(29-14-27-4)21(16)23(26)30-15;1-11-5-3-7-14(20)18(23)15(21)8-4-6-12-9-13(25-2)10-16(22)17(12)19(24)26-11/h6,10,12-13,15,19,22H,7-9,11,14H2,1-5H3;3,7,9-11,15,18,21-23H,4-6,8H2,1-2H3/b10-6-;7-3-/t15?,19-,22?;11?,15-,18?/m00/s1. The highest BCUT2D eigenvalue weighted by Gasteiger charge is 2.44. The van der Waals surface area contributed by atoms with Crippen molar-refractivity contribution in [1.29, 1.82) is 0 Å². The number of ketones is 2. The molecule has 0 aliphatic carbocycles. The molecule has 0 aromatic heterocycles. The van der Waals surface area contributed by atoms with Crippen LogP contribution in [0.1, 0.15) is 98.1 Å². The Morgan fingerprint density at radius 1 is 0.741 bits per heavy atom. The van der Waals surface area contributed by atoms with Crippen LogP contribution in [0, 0.1) is 0 Å². The van der Waals surface area contributed by atoms with Crippen LogP contribution in [0.4, 0.5) is 0 Å². The molecule has 3 N–H and O–H groups in total. The van der Waals surface area contributed by atoms with Crippen LogP contribution in [0.5, 0.6) is 23.0 Å². The summed E-state index contributed by atoms with van der Waals surface area (Å²) in [4.78, 5) is 50.1. The number of carbonyl (C=O) groups is 4. The van der Waals surface area contributed by atoms with Crippen LogP contribution in [0.3, 0.4) is 0 Å². The first-order valence-electron chi connectivity index (χ1n) is 19.3. The number of benzene rings is 2. The predicted molar refractivity (Wildman–Crippen MR) is 209 cm³/mol. The van der Waals surface area contributed by atoms with E-state index in [0.29, 0.717) is 66.9 Å². The van der Waals surface area contributed by atoms with Gasteiger partial charge in [-0.2, -0.15) is 0 Å². The summed E-state index contributed by atoms with van der Waals surface area (Å²) in [5.74, 6) is -1.66. The number of aliphatic hydroxyl groups is 2. The van der Waals surface area contributed by atoms with Crippen molar-refractivity contribution in [2.45, 2.75) is 121 Å². The number of fused-ring (bicyclic) bond motifs is 3. The number of phenols is 1. The number of phenolic OH excluding ortho intramolecular Hbond substituents is 1. The third kappa shape index (κ3) is 12.6. The Kier molecular flexibility index (Phi) is 16.8. The Bertz CT molecular complexity index is 1810. The van der Waals surface area contributed by atoms with Gasteiger partial charge >= 0.3 is 11.9 Å². The molecule has 3 aliphatic rings. The highest BCUT2D eigenvalue weighted by molar-refractivity contribution is 5.96. The minimum atomic E-state index is -1.50. The van der Waals surface area contributed by atoms with Gasteiger partial charge in [0, 0.05) is 32.1 Å². The zero-order chi connectivity index (χ0) is 42.6. The van der Waals surface area contributed by atoms with Crippen molar-refractivity contribution in [1.82, 2.24) is 0 Å². The first kappa shape index (κ1) is 45.9. The van der Waals surface area contributed by atoms with Crippen molar-refractivity contribution in [3.8, 4) is 23.0 Å². The molecule has 0 saturated carbocycles. The van der Waals surface area contributed by atoms with Gasteiger partial charge in [-0.15, -0.1) is 0 Å². The van der Waals surface area contributed by atoms with Gasteiger partial charge in [0.25, 0.3) is 0 Å². The molecule has 0 bridgehead atoms. The summed E-state index contributed by atoms with van der Waals surface area (Å²) in [5, 5.41) is 30.1. The monoisotopic (exact) mass is 812 g/mol. The molecule has 1 saturated heterocycles. The molecule has 2 aromatic rings. The molecule has 3 aliphatic heterocycles. The van der Waals surface area contributed by atoms with E-state index >= 15 is 0 Å². The summed E-state index contributed by atoms with van der Waals surface area (Å²) in [6.45, 7) is 7.03. The molecular weight excluding hydrogens is 756 g/mol. The smallest absolute Gasteiger partial charge is 0.342 e. The molecule has 3 heterocycles. The van der Waals surface area contributed by atoms with E-state index in [2.05, 4.69) is 0 Å². The second-order valence-corrected chi connectivity index (χ2v) is 14.8. The second kappa shape index (κ2) is 21.3. The zero-order valence-electron chi connectivity index (χ0n) is 34.2. The predicted octanol–water partition coefficient (Wildman–Crippen LogP) is 5.11. The van der Waals surface area contributed by atoms with E-state index in [9.17, 15) is 34.5 Å². The van der Waals surface area contributed by atoms with Gasteiger partial charge in [-0.1, -0.05) is 12.2 Å². The highest BCUT2D eigenvalue weighted by Crippen LogP contribution is 2.35. The molecule has 58 heavy (non-hydrogen) atoms. The maximum Gasteiger partial charge on any atom is 0.342 e. The molecule has 0 amide bonds. The SMILES string of the molecule is COCOc1cc(OC)cc2c1C(=O)OC(C)C/C=C\C(=O)C1OC(C)(C)O[C@H]1CCC2.COc1cc(O)c2c(c1)CCC[C@H](O)C(O)C(=O)/C=C\CC(C)OC2=O. The van der Waals surface area contributed by atoms with Crippen molar-refractivity contribution in [2.24, 2.45) is 0 Å². The number of aromatic hydroxyl groups is 1. The molecule has 15 heteroatoms. The zero-order valence-corrected chi connectivity index (χ0v) is 34.2. The number of hydrogen-bond acceptors (Lipinski definition) is 15. The molecule has 6 atom stereocenters. The van der Waals surface area contributed by atoms with E-state index in [1.807, 2.05) is 6.07 Å². The van der Waals surface area contributed by atoms with E-state index in [4.69, 9.17) is 37.9 Å². The maximum atomic E-state index is 13.1. The number of aryl methyl sites for hydroxylation is 2. The van der Waals surface area contributed by atoms with Gasteiger partial charge in [0.15, 0.2) is 24.1 Å². The number of ether oxygens (including phenoxy) is 8. The lowest BCUT2D eigenvalue weighted by molar-refractivity contribution is -0.153. The van der Waals surface area contributed by atoms with Crippen molar-refractivity contribution < 1.29 is 72.4 Å². The second-order valence-electron chi connectivity index (χ2n) is 14.8. The molecule has 15 nitrogen and oxygen atoms in total. The molecule has 1 fully saturated rings. The largest absolute Gasteiger partial charge is 0.507 e. The van der Waals surface area contributed by atoms with Gasteiger partial charge in [-0.3, -0.25) is 9.59 Å². The highest BCUT2D eigenvalue weighted by atomic mass is 16.8. The summed E-state index contributed by atoms with van der Waals surface area (Å²) >= 11 is 0. The van der Waals surface area contributed by atoms with Crippen LogP contribution in [-0.4, -0.2) is 109 Å². The van der Waals surface area contributed by atoms with Crippen LogP contribution < -0.4 is 14.2 Å². The number of aliphatic hydroxyl groups excluding tert-OH is 2. The minimum Gasteiger partial charge on any atom is -0.507 e.